The highest BCUT2D eigenvalue weighted by Crippen LogP contribution is 2.11. The fraction of sp³-hybridized carbons (Fsp3) is 0.250. The third-order valence-corrected chi connectivity index (χ3v) is 2.47. The number of fused-ring (bicyclic) bond motifs is 1. The minimum atomic E-state index is -0.557. The van der Waals surface area contributed by atoms with Crippen LogP contribution in [-0.2, 0) is 4.79 Å². The Morgan fingerprint density at radius 2 is 2.00 bits per heavy atom. The topological polar surface area (TPSA) is 104 Å². The van der Waals surface area contributed by atoms with Gasteiger partial charge in [-0.25, -0.2) is 4.79 Å². The second kappa shape index (κ2) is 5.38. The summed E-state index contributed by atoms with van der Waals surface area (Å²) in [5.74, 6) is -0.987. The molecular formula is C12H13N3O4. The van der Waals surface area contributed by atoms with Gasteiger partial charge in [0.15, 0.2) is 5.58 Å². The van der Waals surface area contributed by atoms with E-state index in [9.17, 15) is 14.4 Å². The number of carbonyl (C=O) groups excluding carboxylic acids is 2. The van der Waals surface area contributed by atoms with E-state index in [0.29, 0.717) is 29.8 Å². The lowest BCUT2D eigenvalue weighted by Gasteiger charge is -2.05. The molecule has 0 aliphatic carbocycles. The van der Waals surface area contributed by atoms with Gasteiger partial charge in [0.25, 0.3) is 5.91 Å². The van der Waals surface area contributed by atoms with Crippen LogP contribution in [0.25, 0.3) is 11.1 Å². The molecular weight excluding hydrogens is 250 g/mol. The molecule has 0 saturated carbocycles. The summed E-state index contributed by atoms with van der Waals surface area (Å²) in [7, 11) is 0. The second-order valence-electron chi connectivity index (χ2n) is 3.96. The number of rotatable bonds is 4. The van der Waals surface area contributed by atoms with E-state index in [2.05, 4.69) is 15.6 Å². The Balaban J connectivity index is 2.00. The quantitative estimate of drug-likeness (QED) is 0.674. The molecule has 7 heteroatoms. The minimum absolute atomic E-state index is 0.147. The summed E-state index contributed by atoms with van der Waals surface area (Å²) in [5, 5.41) is 5.22. The smallest absolute Gasteiger partial charge is 0.408 e. The lowest BCUT2D eigenvalue weighted by atomic mass is 10.2. The molecule has 0 unspecified atom stereocenters. The molecule has 100 valence electrons. The molecule has 3 N–H and O–H groups in total. The SMILES string of the molecule is CC(=O)NCCNC(=O)c1ccc2oc(=O)[nH]c2c1. The maximum absolute atomic E-state index is 11.8. The van der Waals surface area contributed by atoms with Gasteiger partial charge in [-0.15, -0.1) is 0 Å². The lowest BCUT2D eigenvalue weighted by Crippen LogP contribution is -2.33. The van der Waals surface area contributed by atoms with Crippen LogP contribution in [0.5, 0.6) is 0 Å². The summed E-state index contributed by atoms with van der Waals surface area (Å²) >= 11 is 0. The van der Waals surface area contributed by atoms with Gasteiger partial charge in [0.1, 0.15) is 0 Å². The van der Waals surface area contributed by atoms with E-state index < -0.39 is 5.76 Å². The van der Waals surface area contributed by atoms with Crippen molar-refractivity contribution in [1.29, 1.82) is 0 Å². The van der Waals surface area contributed by atoms with Crippen LogP contribution >= 0.6 is 0 Å². The predicted molar refractivity (Wildman–Crippen MR) is 67.9 cm³/mol. The zero-order valence-electron chi connectivity index (χ0n) is 10.3. The Hall–Kier alpha value is -2.57. The molecule has 0 atom stereocenters. The van der Waals surface area contributed by atoms with Gasteiger partial charge in [-0.05, 0) is 18.2 Å². The molecule has 2 amide bonds. The Kier molecular flexibility index (Phi) is 3.65. The number of hydrogen-bond donors (Lipinski definition) is 3. The highest BCUT2D eigenvalue weighted by atomic mass is 16.4. The van der Waals surface area contributed by atoms with Crippen molar-refractivity contribution in [2.24, 2.45) is 0 Å². The molecule has 1 aromatic carbocycles. The summed E-state index contributed by atoms with van der Waals surface area (Å²) in [5.41, 5.74) is 1.28. The molecule has 0 saturated heterocycles. The van der Waals surface area contributed by atoms with Gasteiger partial charge in [-0.3, -0.25) is 14.6 Å². The maximum Gasteiger partial charge on any atom is 0.417 e. The van der Waals surface area contributed by atoms with Crippen LogP contribution in [0.3, 0.4) is 0 Å². The highest BCUT2D eigenvalue weighted by molar-refractivity contribution is 5.97. The van der Waals surface area contributed by atoms with Crippen LogP contribution in [-0.4, -0.2) is 29.9 Å². The van der Waals surface area contributed by atoms with Crippen molar-refractivity contribution in [3.63, 3.8) is 0 Å². The lowest BCUT2D eigenvalue weighted by molar-refractivity contribution is -0.118. The number of aromatic nitrogens is 1. The van der Waals surface area contributed by atoms with E-state index in [1.165, 1.54) is 13.0 Å². The summed E-state index contributed by atoms with van der Waals surface area (Å²) in [4.78, 5) is 35.9. The number of carbonyl (C=O) groups is 2. The van der Waals surface area contributed by atoms with E-state index >= 15 is 0 Å². The molecule has 0 aliphatic rings. The van der Waals surface area contributed by atoms with Crippen molar-refractivity contribution >= 4 is 22.9 Å². The van der Waals surface area contributed by atoms with Gasteiger partial charge < -0.3 is 15.1 Å². The zero-order chi connectivity index (χ0) is 13.8. The highest BCUT2D eigenvalue weighted by Gasteiger charge is 2.08. The zero-order valence-corrected chi connectivity index (χ0v) is 10.3. The molecule has 0 fully saturated rings. The van der Waals surface area contributed by atoms with Crippen molar-refractivity contribution in [3.05, 3.63) is 34.3 Å². The third kappa shape index (κ3) is 3.21. The Labute approximate surface area is 108 Å². The number of hydrogen-bond acceptors (Lipinski definition) is 4. The first-order chi connectivity index (χ1) is 9.06. The van der Waals surface area contributed by atoms with Gasteiger partial charge in [0.2, 0.25) is 5.91 Å². The second-order valence-corrected chi connectivity index (χ2v) is 3.96. The van der Waals surface area contributed by atoms with Crippen LogP contribution in [0.15, 0.2) is 27.4 Å². The van der Waals surface area contributed by atoms with Crippen molar-refractivity contribution < 1.29 is 14.0 Å². The maximum atomic E-state index is 11.8. The van der Waals surface area contributed by atoms with Crippen LogP contribution < -0.4 is 16.4 Å². The molecule has 0 bridgehead atoms. The van der Waals surface area contributed by atoms with Gasteiger partial charge in [-0.1, -0.05) is 0 Å². The number of oxazole rings is 1. The number of benzene rings is 1. The molecule has 2 aromatic rings. The molecule has 7 nitrogen and oxygen atoms in total. The minimum Gasteiger partial charge on any atom is -0.408 e. The van der Waals surface area contributed by atoms with E-state index in [0.717, 1.165) is 0 Å². The van der Waals surface area contributed by atoms with Gasteiger partial charge in [0, 0.05) is 25.6 Å². The number of H-pyrrole nitrogens is 1. The fourth-order valence-corrected chi connectivity index (χ4v) is 1.61. The Morgan fingerprint density at radius 3 is 2.74 bits per heavy atom. The first-order valence-electron chi connectivity index (χ1n) is 5.72. The number of aromatic amines is 1. The van der Waals surface area contributed by atoms with E-state index in [1.54, 1.807) is 12.1 Å². The van der Waals surface area contributed by atoms with Crippen LogP contribution in [0.1, 0.15) is 17.3 Å². The van der Waals surface area contributed by atoms with Crippen molar-refractivity contribution in [1.82, 2.24) is 15.6 Å². The first kappa shape index (κ1) is 12.9. The van der Waals surface area contributed by atoms with Gasteiger partial charge in [0.05, 0.1) is 5.52 Å². The van der Waals surface area contributed by atoms with Crippen molar-refractivity contribution in [3.8, 4) is 0 Å². The summed E-state index contributed by atoms with van der Waals surface area (Å²) < 4.78 is 4.84. The standard InChI is InChI=1S/C12H13N3O4/c1-7(16)13-4-5-14-11(17)8-2-3-10-9(6-8)15-12(18)19-10/h2-3,6H,4-5H2,1H3,(H,13,16)(H,14,17)(H,15,18). The predicted octanol–water partition coefficient (Wildman–Crippen LogP) is -0.0130. The van der Waals surface area contributed by atoms with E-state index in [-0.39, 0.29) is 11.8 Å². The van der Waals surface area contributed by atoms with Gasteiger partial charge >= 0.3 is 5.76 Å². The molecule has 0 spiro atoms. The normalized spacial score (nSPS) is 10.4. The summed E-state index contributed by atoms with van der Waals surface area (Å²) in [6.45, 7) is 2.11. The molecule has 0 aliphatic heterocycles. The van der Waals surface area contributed by atoms with Crippen LogP contribution in [0, 0.1) is 0 Å². The van der Waals surface area contributed by atoms with Crippen LogP contribution in [0.2, 0.25) is 0 Å². The van der Waals surface area contributed by atoms with E-state index in [1.807, 2.05) is 0 Å². The number of amides is 2. The fourth-order valence-electron chi connectivity index (χ4n) is 1.61. The average Bonchev–Trinajstić information content (AvgIpc) is 2.73. The molecule has 2 rings (SSSR count). The summed E-state index contributed by atoms with van der Waals surface area (Å²) in [6.07, 6.45) is 0. The third-order valence-electron chi connectivity index (χ3n) is 2.47. The molecule has 1 heterocycles. The van der Waals surface area contributed by atoms with Crippen molar-refractivity contribution in [2.75, 3.05) is 13.1 Å². The Morgan fingerprint density at radius 1 is 1.26 bits per heavy atom. The van der Waals surface area contributed by atoms with Crippen molar-refractivity contribution in [2.45, 2.75) is 6.92 Å². The largest absolute Gasteiger partial charge is 0.417 e. The van der Waals surface area contributed by atoms with Crippen LogP contribution in [0.4, 0.5) is 0 Å². The molecule has 19 heavy (non-hydrogen) atoms. The molecule has 0 radical (unpaired) electrons. The average molecular weight is 263 g/mol. The van der Waals surface area contributed by atoms with E-state index in [4.69, 9.17) is 4.42 Å². The number of nitrogens with one attached hydrogen (secondary N) is 3. The summed E-state index contributed by atoms with van der Waals surface area (Å²) in [6, 6.07) is 4.65. The monoisotopic (exact) mass is 263 g/mol. The van der Waals surface area contributed by atoms with Gasteiger partial charge in [-0.2, -0.15) is 0 Å². The Bertz CT molecular complexity index is 671. The molecule has 1 aromatic heterocycles. The first-order valence-corrected chi connectivity index (χ1v) is 5.72.